The lowest BCUT2D eigenvalue weighted by Crippen LogP contribution is -2.41. The van der Waals surface area contributed by atoms with E-state index >= 15 is 0 Å². The second kappa shape index (κ2) is 10.4. The smallest absolute Gasteiger partial charge is 0.399 e. The Balaban J connectivity index is 1.29. The van der Waals surface area contributed by atoms with E-state index in [9.17, 15) is 0 Å². The van der Waals surface area contributed by atoms with Gasteiger partial charge in [0, 0.05) is 34.6 Å². The highest BCUT2D eigenvalue weighted by Crippen LogP contribution is 2.37. The number of pyridine rings is 2. The van der Waals surface area contributed by atoms with Gasteiger partial charge in [0.15, 0.2) is 22.9 Å². The number of hydrogen-bond acceptors (Lipinski definition) is 6. The summed E-state index contributed by atoms with van der Waals surface area (Å²) in [5.74, 6) is 1.20. The quantitative estimate of drug-likeness (QED) is 0.205. The minimum Gasteiger partial charge on any atom is -0.399 e. The van der Waals surface area contributed by atoms with Crippen LogP contribution in [-0.4, -0.2) is 47.5 Å². The summed E-state index contributed by atoms with van der Waals surface area (Å²) in [5.41, 5.74) is 7.47. The molecule has 4 aromatic heterocycles. The second-order valence-corrected chi connectivity index (χ2v) is 12.7. The number of hydrogen-bond donors (Lipinski definition) is 0. The van der Waals surface area contributed by atoms with Crippen molar-refractivity contribution in [3.05, 3.63) is 109 Å². The van der Waals surface area contributed by atoms with Gasteiger partial charge in [-0.25, -0.2) is 19.0 Å². The molecule has 2 aromatic carbocycles. The van der Waals surface area contributed by atoms with Crippen LogP contribution in [0.15, 0.2) is 103 Å². The van der Waals surface area contributed by atoms with Gasteiger partial charge in [-0.2, -0.15) is 0 Å². The standard InChI is InChI=1S/C36H33BN6O2/c1-35(2)36(3,4)45-37(44-35)28-22-26(31-38-33-29(17-11-19-42(33)40-31)24-13-7-5-8-14-24)21-27(23-28)32-39-34-30(18-12-20-43(34)41-32)25-15-9-6-10-16-25/h5,7-9,11-23H,6,10H2,1-4H3. The molecule has 0 saturated carbocycles. The molecule has 0 radical (unpaired) electrons. The van der Waals surface area contributed by atoms with E-state index in [-0.39, 0.29) is 0 Å². The summed E-state index contributed by atoms with van der Waals surface area (Å²) in [4.78, 5) is 10.1. The van der Waals surface area contributed by atoms with Crippen molar-refractivity contribution in [1.29, 1.82) is 0 Å². The summed E-state index contributed by atoms with van der Waals surface area (Å²) in [6.45, 7) is 8.25. The maximum Gasteiger partial charge on any atom is 0.494 e. The van der Waals surface area contributed by atoms with E-state index in [0.29, 0.717) is 11.6 Å². The van der Waals surface area contributed by atoms with Crippen LogP contribution < -0.4 is 5.46 Å². The fourth-order valence-electron chi connectivity index (χ4n) is 5.96. The average Bonchev–Trinajstić information content (AvgIpc) is 3.75. The van der Waals surface area contributed by atoms with Crippen molar-refractivity contribution >= 4 is 29.4 Å². The van der Waals surface area contributed by atoms with Crippen molar-refractivity contribution in [3.8, 4) is 33.9 Å². The Labute approximate surface area is 262 Å². The first kappa shape index (κ1) is 27.7. The summed E-state index contributed by atoms with van der Waals surface area (Å²) < 4.78 is 16.7. The van der Waals surface area contributed by atoms with Crippen LogP contribution in [0.25, 0.3) is 50.8 Å². The number of rotatable bonds is 5. The van der Waals surface area contributed by atoms with Gasteiger partial charge in [-0.15, -0.1) is 10.2 Å². The molecule has 222 valence electrons. The predicted molar refractivity (Wildman–Crippen MR) is 178 cm³/mol. The van der Waals surface area contributed by atoms with Crippen molar-refractivity contribution in [2.45, 2.75) is 51.7 Å². The summed E-state index contributed by atoms with van der Waals surface area (Å²) in [7, 11) is -0.573. The molecule has 0 unspecified atom stereocenters. The van der Waals surface area contributed by atoms with Crippen molar-refractivity contribution in [1.82, 2.24) is 29.2 Å². The minimum atomic E-state index is -0.573. The lowest BCUT2D eigenvalue weighted by Gasteiger charge is -2.32. The first-order chi connectivity index (χ1) is 21.8. The fraction of sp³-hybridized carbons (Fsp3) is 0.222. The zero-order valence-corrected chi connectivity index (χ0v) is 25.8. The van der Waals surface area contributed by atoms with Gasteiger partial charge in [0.25, 0.3) is 0 Å². The highest BCUT2D eigenvalue weighted by molar-refractivity contribution is 6.62. The Morgan fingerprint density at radius 3 is 1.87 bits per heavy atom. The molecule has 45 heavy (non-hydrogen) atoms. The van der Waals surface area contributed by atoms with E-state index in [1.807, 2.05) is 51.8 Å². The molecule has 0 bridgehead atoms. The first-order valence-corrected chi connectivity index (χ1v) is 15.4. The Kier molecular flexibility index (Phi) is 6.37. The van der Waals surface area contributed by atoms with Gasteiger partial charge in [0.2, 0.25) is 0 Å². The Morgan fingerprint density at radius 2 is 1.27 bits per heavy atom. The molecule has 2 aliphatic rings. The van der Waals surface area contributed by atoms with Crippen LogP contribution in [0.5, 0.6) is 0 Å². The maximum atomic E-state index is 6.50. The monoisotopic (exact) mass is 592 g/mol. The highest BCUT2D eigenvalue weighted by atomic mass is 16.7. The van der Waals surface area contributed by atoms with Crippen LogP contribution in [0.1, 0.15) is 46.1 Å². The Hall–Kier alpha value is -4.86. The molecule has 1 fully saturated rings. The topological polar surface area (TPSA) is 78.8 Å². The highest BCUT2D eigenvalue weighted by Gasteiger charge is 2.51. The molecule has 9 heteroatoms. The first-order valence-electron chi connectivity index (χ1n) is 15.4. The lowest BCUT2D eigenvalue weighted by atomic mass is 9.77. The molecule has 6 aromatic rings. The largest absolute Gasteiger partial charge is 0.494 e. The second-order valence-electron chi connectivity index (χ2n) is 12.7. The Morgan fingerprint density at radius 1 is 0.667 bits per heavy atom. The third-order valence-corrected chi connectivity index (χ3v) is 9.11. The molecular weight excluding hydrogens is 559 g/mol. The molecule has 5 heterocycles. The molecule has 1 aliphatic heterocycles. The van der Waals surface area contributed by atoms with Gasteiger partial charge in [-0.3, -0.25) is 0 Å². The average molecular weight is 593 g/mol. The minimum absolute atomic E-state index is 0.489. The zero-order chi connectivity index (χ0) is 30.8. The van der Waals surface area contributed by atoms with Crippen molar-refractivity contribution in [2.75, 3.05) is 0 Å². The third-order valence-electron chi connectivity index (χ3n) is 9.11. The normalized spacial score (nSPS) is 17.3. The fourth-order valence-corrected chi connectivity index (χ4v) is 5.96. The molecular formula is C36H33BN6O2. The van der Waals surface area contributed by atoms with E-state index in [0.717, 1.165) is 57.4 Å². The van der Waals surface area contributed by atoms with Gasteiger partial charge < -0.3 is 9.31 Å². The summed E-state index contributed by atoms with van der Waals surface area (Å²) in [6.07, 6.45) is 12.6. The zero-order valence-electron chi connectivity index (χ0n) is 25.8. The van der Waals surface area contributed by atoms with E-state index in [2.05, 4.69) is 88.4 Å². The van der Waals surface area contributed by atoms with E-state index < -0.39 is 18.3 Å². The Bertz CT molecular complexity index is 2130. The lowest BCUT2D eigenvalue weighted by molar-refractivity contribution is 0.00578. The number of aromatic nitrogens is 6. The third kappa shape index (κ3) is 4.79. The van der Waals surface area contributed by atoms with Crippen LogP contribution >= 0.6 is 0 Å². The molecule has 1 saturated heterocycles. The summed E-state index contributed by atoms with van der Waals surface area (Å²) >= 11 is 0. The van der Waals surface area contributed by atoms with Crippen LogP contribution in [0.3, 0.4) is 0 Å². The van der Waals surface area contributed by atoms with Gasteiger partial charge in [-0.1, -0.05) is 60.7 Å². The maximum absolute atomic E-state index is 6.50. The van der Waals surface area contributed by atoms with Gasteiger partial charge >= 0.3 is 7.12 Å². The number of allylic oxidation sites excluding steroid dienone is 4. The summed E-state index contributed by atoms with van der Waals surface area (Å²) in [6, 6.07) is 24.6. The molecule has 8 nitrogen and oxygen atoms in total. The van der Waals surface area contributed by atoms with E-state index in [1.54, 1.807) is 0 Å². The van der Waals surface area contributed by atoms with E-state index in [1.165, 1.54) is 5.57 Å². The molecule has 0 amide bonds. The molecule has 0 spiro atoms. The molecule has 1 aliphatic carbocycles. The molecule has 8 rings (SSSR count). The van der Waals surface area contributed by atoms with Crippen molar-refractivity contribution in [3.63, 3.8) is 0 Å². The molecule has 0 atom stereocenters. The van der Waals surface area contributed by atoms with Crippen LogP contribution in [0, 0.1) is 0 Å². The van der Waals surface area contributed by atoms with E-state index in [4.69, 9.17) is 29.5 Å². The van der Waals surface area contributed by atoms with Crippen LogP contribution in [0.2, 0.25) is 0 Å². The van der Waals surface area contributed by atoms with Gasteiger partial charge in [0.05, 0.1) is 11.2 Å². The van der Waals surface area contributed by atoms with Crippen LogP contribution in [-0.2, 0) is 9.31 Å². The SMILES string of the molecule is CC1(C)OB(c2cc(-c3nc4c(C5=CCCC=C5)cccn4n3)cc(-c3nc4c(-c5ccccc5)cccn4n3)c2)OC1(C)C. The van der Waals surface area contributed by atoms with Crippen molar-refractivity contribution < 1.29 is 9.31 Å². The number of nitrogens with zero attached hydrogens (tertiary/aromatic N) is 6. The van der Waals surface area contributed by atoms with Crippen LogP contribution in [0.4, 0.5) is 0 Å². The number of benzene rings is 2. The molecule has 0 N–H and O–H groups in total. The number of fused-ring (bicyclic) bond motifs is 2. The summed E-state index contributed by atoms with van der Waals surface area (Å²) in [5, 5.41) is 9.83. The van der Waals surface area contributed by atoms with Crippen molar-refractivity contribution in [2.24, 2.45) is 0 Å². The van der Waals surface area contributed by atoms with Gasteiger partial charge in [-0.05, 0) is 87.5 Å². The predicted octanol–water partition coefficient (Wildman–Crippen LogP) is 6.81. The van der Waals surface area contributed by atoms with Gasteiger partial charge in [0.1, 0.15) is 0 Å².